The van der Waals surface area contributed by atoms with Gasteiger partial charge in [0, 0.05) is 17.3 Å². The van der Waals surface area contributed by atoms with Crippen LogP contribution in [0.1, 0.15) is 22.3 Å². The highest BCUT2D eigenvalue weighted by Crippen LogP contribution is 2.17. The molecule has 0 heterocycles. The monoisotopic (exact) mass is 334 g/mol. The first kappa shape index (κ1) is 14.9. The van der Waals surface area contributed by atoms with Crippen LogP contribution in [0.5, 0.6) is 0 Å². The first-order valence-corrected chi connectivity index (χ1v) is 7.26. The number of aryl methyl sites for hydroxylation is 2. The van der Waals surface area contributed by atoms with E-state index in [1.165, 1.54) is 6.07 Å². The zero-order valence-electron chi connectivity index (χ0n) is 11.5. The van der Waals surface area contributed by atoms with Gasteiger partial charge in [0.25, 0.3) is 0 Å². The number of hydrogen-bond donors (Lipinski definition) is 0. The van der Waals surface area contributed by atoms with Gasteiger partial charge < -0.3 is 0 Å². The number of rotatable bonds is 4. The Balaban J connectivity index is 2.09. The first-order valence-electron chi connectivity index (χ1n) is 6.47. The third kappa shape index (κ3) is 4.01. The van der Waals surface area contributed by atoms with Gasteiger partial charge in [0.2, 0.25) is 0 Å². The second-order valence-electron chi connectivity index (χ2n) is 5.12. The van der Waals surface area contributed by atoms with E-state index in [-0.39, 0.29) is 18.0 Å². The molecule has 2 aromatic rings. The molecule has 0 atom stereocenters. The van der Waals surface area contributed by atoms with Gasteiger partial charge in [0.1, 0.15) is 11.6 Å². The van der Waals surface area contributed by atoms with Crippen molar-refractivity contribution < 1.29 is 9.18 Å². The van der Waals surface area contributed by atoms with Crippen LogP contribution in [0.4, 0.5) is 4.39 Å². The summed E-state index contributed by atoms with van der Waals surface area (Å²) in [6, 6.07) is 10.9. The van der Waals surface area contributed by atoms with Crippen molar-refractivity contribution in [2.45, 2.75) is 26.7 Å². The number of carbonyl (C=O) groups is 1. The summed E-state index contributed by atoms with van der Waals surface area (Å²) in [5.41, 5.74) is 3.72. The van der Waals surface area contributed by atoms with Crippen LogP contribution in [0.2, 0.25) is 0 Å². The predicted octanol–water partition coefficient (Wildman–Crippen LogP) is 4.56. The predicted molar refractivity (Wildman–Crippen MR) is 82.4 cm³/mol. The Labute approximate surface area is 127 Å². The summed E-state index contributed by atoms with van der Waals surface area (Å²) in [4.78, 5) is 12.1. The van der Waals surface area contributed by atoms with E-state index in [9.17, 15) is 9.18 Å². The van der Waals surface area contributed by atoms with Crippen LogP contribution in [0.15, 0.2) is 40.9 Å². The summed E-state index contributed by atoms with van der Waals surface area (Å²) in [5, 5.41) is 0. The Hall–Kier alpha value is -1.48. The maximum Gasteiger partial charge on any atom is 0.141 e. The Morgan fingerprint density at radius 3 is 2.30 bits per heavy atom. The molecule has 0 spiro atoms. The summed E-state index contributed by atoms with van der Waals surface area (Å²) >= 11 is 3.21. The maximum atomic E-state index is 13.7. The number of halogens is 2. The largest absolute Gasteiger partial charge is 0.299 e. The highest BCUT2D eigenvalue weighted by molar-refractivity contribution is 9.10. The highest BCUT2D eigenvalue weighted by Gasteiger charge is 2.10. The summed E-state index contributed by atoms with van der Waals surface area (Å²) in [6.45, 7) is 4.02. The molecule has 3 heteroatoms. The van der Waals surface area contributed by atoms with Gasteiger partial charge in [-0.3, -0.25) is 4.79 Å². The Morgan fingerprint density at radius 1 is 1.05 bits per heavy atom. The molecule has 0 unspecified atom stereocenters. The fraction of sp³-hybridized carbons (Fsp3) is 0.235. The van der Waals surface area contributed by atoms with Crippen LogP contribution in [0, 0.1) is 19.7 Å². The molecular formula is C17H16BrFO. The Kier molecular flexibility index (Phi) is 4.71. The van der Waals surface area contributed by atoms with E-state index in [4.69, 9.17) is 0 Å². The van der Waals surface area contributed by atoms with Crippen LogP contribution < -0.4 is 0 Å². The van der Waals surface area contributed by atoms with E-state index in [1.807, 2.05) is 26.0 Å². The number of benzene rings is 2. The SMILES string of the molecule is Cc1cc(C)cc(CC(=O)Cc2ccc(Br)cc2F)c1. The van der Waals surface area contributed by atoms with Crippen molar-refractivity contribution in [2.75, 3.05) is 0 Å². The normalized spacial score (nSPS) is 10.6. The van der Waals surface area contributed by atoms with Crippen molar-refractivity contribution in [2.24, 2.45) is 0 Å². The summed E-state index contributed by atoms with van der Waals surface area (Å²) < 4.78 is 14.4. The molecule has 0 radical (unpaired) electrons. The second-order valence-corrected chi connectivity index (χ2v) is 6.04. The van der Waals surface area contributed by atoms with Crippen LogP contribution in [-0.4, -0.2) is 5.78 Å². The third-order valence-electron chi connectivity index (χ3n) is 3.09. The number of Topliss-reactive ketones (excluding diaryl/α,β-unsaturated/α-hetero) is 1. The molecule has 1 nitrogen and oxygen atoms in total. The van der Waals surface area contributed by atoms with Gasteiger partial charge in [-0.15, -0.1) is 0 Å². The minimum absolute atomic E-state index is 0.0243. The molecule has 0 aromatic heterocycles. The fourth-order valence-corrected chi connectivity index (χ4v) is 2.67. The fourth-order valence-electron chi connectivity index (χ4n) is 2.34. The third-order valence-corrected chi connectivity index (χ3v) is 3.58. The summed E-state index contributed by atoms with van der Waals surface area (Å²) in [6.07, 6.45) is 0.476. The minimum Gasteiger partial charge on any atom is -0.299 e. The molecule has 20 heavy (non-hydrogen) atoms. The topological polar surface area (TPSA) is 17.1 Å². The first-order chi connectivity index (χ1) is 9.44. The maximum absolute atomic E-state index is 13.7. The number of ketones is 1. The zero-order chi connectivity index (χ0) is 14.7. The molecule has 0 saturated carbocycles. The van der Waals surface area contributed by atoms with Crippen LogP contribution in [-0.2, 0) is 17.6 Å². The average Bonchev–Trinajstić information content (AvgIpc) is 2.31. The second kappa shape index (κ2) is 6.31. The number of carbonyl (C=O) groups excluding carboxylic acids is 1. The van der Waals surface area contributed by atoms with E-state index >= 15 is 0 Å². The zero-order valence-corrected chi connectivity index (χ0v) is 13.1. The van der Waals surface area contributed by atoms with Crippen molar-refractivity contribution in [3.63, 3.8) is 0 Å². The lowest BCUT2D eigenvalue weighted by atomic mass is 9.99. The molecule has 0 fully saturated rings. The smallest absolute Gasteiger partial charge is 0.141 e. The van der Waals surface area contributed by atoms with Gasteiger partial charge in [-0.25, -0.2) is 4.39 Å². The van der Waals surface area contributed by atoms with E-state index < -0.39 is 0 Å². The molecule has 2 rings (SSSR count). The van der Waals surface area contributed by atoms with E-state index in [2.05, 4.69) is 22.0 Å². The number of hydrogen-bond acceptors (Lipinski definition) is 1. The van der Waals surface area contributed by atoms with Crippen LogP contribution in [0.25, 0.3) is 0 Å². The van der Waals surface area contributed by atoms with Gasteiger partial charge in [0.05, 0.1) is 0 Å². The lowest BCUT2D eigenvalue weighted by molar-refractivity contribution is -0.117. The average molecular weight is 335 g/mol. The molecule has 104 valence electrons. The molecule has 0 amide bonds. The van der Waals surface area contributed by atoms with Crippen molar-refractivity contribution >= 4 is 21.7 Å². The summed E-state index contributed by atoms with van der Waals surface area (Å²) in [5.74, 6) is -0.315. The lowest BCUT2D eigenvalue weighted by Crippen LogP contribution is -2.08. The van der Waals surface area contributed by atoms with Crippen molar-refractivity contribution in [3.05, 3.63) is 68.9 Å². The molecule has 0 bridgehead atoms. The highest BCUT2D eigenvalue weighted by atomic mass is 79.9. The molecule has 0 aliphatic heterocycles. The summed E-state index contributed by atoms with van der Waals surface area (Å²) in [7, 11) is 0. The molecule has 0 aliphatic carbocycles. The van der Waals surface area contributed by atoms with Crippen molar-refractivity contribution in [3.8, 4) is 0 Å². The minimum atomic E-state index is -0.340. The van der Waals surface area contributed by atoms with Gasteiger partial charge >= 0.3 is 0 Å². The molecule has 2 aromatic carbocycles. The van der Waals surface area contributed by atoms with Gasteiger partial charge in [-0.2, -0.15) is 0 Å². The van der Waals surface area contributed by atoms with Crippen molar-refractivity contribution in [1.29, 1.82) is 0 Å². The van der Waals surface area contributed by atoms with Gasteiger partial charge in [-0.05, 0) is 37.1 Å². The molecule has 0 saturated heterocycles. The van der Waals surface area contributed by atoms with Gasteiger partial charge in [0.15, 0.2) is 0 Å². The van der Waals surface area contributed by atoms with Crippen molar-refractivity contribution in [1.82, 2.24) is 0 Å². The van der Waals surface area contributed by atoms with E-state index in [0.717, 1.165) is 16.7 Å². The Bertz CT molecular complexity index is 629. The van der Waals surface area contributed by atoms with Crippen LogP contribution in [0.3, 0.4) is 0 Å². The van der Waals surface area contributed by atoms with Crippen LogP contribution >= 0.6 is 15.9 Å². The lowest BCUT2D eigenvalue weighted by Gasteiger charge is -2.06. The Morgan fingerprint density at radius 2 is 1.70 bits per heavy atom. The molecular weight excluding hydrogens is 319 g/mol. The molecule has 0 N–H and O–H groups in total. The molecule has 0 aliphatic rings. The van der Waals surface area contributed by atoms with E-state index in [0.29, 0.717) is 16.5 Å². The van der Waals surface area contributed by atoms with Gasteiger partial charge in [-0.1, -0.05) is 51.3 Å². The van der Waals surface area contributed by atoms with E-state index in [1.54, 1.807) is 12.1 Å². The standard InChI is InChI=1S/C17H16BrFO/c1-11-5-12(2)7-13(6-11)8-16(20)9-14-3-4-15(18)10-17(14)19/h3-7,10H,8-9H2,1-2H3. The quantitative estimate of drug-likeness (QED) is 0.801.